The Balaban J connectivity index is 0.000000219. The first kappa shape index (κ1) is 17.1. The first-order valence-corrected chi connectivity index (χ1v) is 6.56. The van der Waals surface area contributed by atoms with Crippen molar-refractivity contribution < 1.29 is 24.9 Å². The molecular formula is C14H20N2O5. The molecule has 0 aliphatic carbocycles. The second-order valence-corrected chi connectivity index (χ2v) is 4.82. The van der Waals surface area contributed by atoms with Crippen molar-refractivity contribution in [1.82, 2.24) is 5.32 Å². The number of carboxylic acids is 2. The Hall–Kier alpha value is -1.96. The van der Waals surface area contributed by atoms with Crippen LogP contribution in [0.2, 0.25) is 0 Å². The van der Waals surface area contributed by atoms with Crippen molar-refractivity contribution in [1.29, 1.82) is 0 Å². The Kier molecular flexibility index (Phi) is 6.80. The highest BCUT2D eigenvalue weighted by atomic mass is 16.4. The van der Waals surface area contributed by atoms with E-state index >= 15 is 0 Å². The normalized spacial score (nSPS) is 22.0. The molecule has 1 saturated heterocycles. The summed E-state index contributed by atoms with van der Waals surface area (Å²) in [6, 6.07) is 8.00. The van der Waals surface area contributed by atoms with Gasteiger partial charge >= 0.3 is 11.9 Å². The average molecular weight is 296 g/mol. The highest BCUT2D eigenvalue weighted by Gasteiger charge is 2.27. The molecule has 1 aliphatic heterocycles. The number of carboxylic acid groups (broad SMARTS) is 2. The molecule has 0 amide bonds. The van der Waals surface area contributed by atoms with E-state index < -0.39 is 30.1 Å². The Morgan fingerprint density at radius 1 is 1.29 bits per heavy atom. The van der Waals surface area contributed by atoms with E-state index in [-0.39, 0.29) is 0 Å². The number of aliphatic hydroxyl groups excluding tert-OH is 1. The zero-order valence-electron chi connectivity index (χ0n) is 11.5. The van der Waals surface area contributed by atoms with Crippen LogP contribution in [0.15, 0.2) is 30.3 Å². The summed E-state index contributed by atoms with van der Waals surface area (Å²) in [7, 11) is 0. The van der Waals surface area contributed by atoms with Crippen LogP contribution in [0.5, 0.6) is 0 Å². The maximum absolute atomic E-state index is 10.4. The van der Waals surface area contributed by atoms with E-state index in [1.54, 1.807) is 0 Å². The third kappa shape index (κ3) is 6.35. The van der Waals surface area contributed by atoms with Crippen LogP contribution >= 0.6 is 0 Å². The van der Waals surface area contributed by atoms with Crippen molar-refractivity contribution in [2.75, 3.05) is 6.54 Å². The Labute approximate surface area is 122 Å². The van der Waals surface area contributed by atoms with Crippen LogP contribution in [0.4, 0.5) is 0 Å². The van der Waals surface area contributed by atoms with Gasteiger partial charge in [-0.1, -0.05) is 30.3 Å². The monoisotopic (exact) mass is 296 g/mol. The van der Waals surface area contributed by atoms with Gasteiger partial charge in [0.15, 0.2) is 0 Å². The van der Waals surface area contributed by atoms with E-state index in [0.717, 1.165) is 5.56 Å². The van der Waals surface area contributed by atoms with Crippen LogP contribution in [0.25, 0.3) is 0 Å². The highest BCUT2D eigenvalue weighted by molar-refractivity contribution is 5.74. The zero-order chi connectivity index (χ0) is 15.8. The van der Waals surface area contributed by atoms with Crippen molar-refractivity contribution in [3.05, 3.63) is 35.9 Å². The lowest BCUT2D eigenvalue weighted by atomic mass is 10.1. The molecule has 0 unspecified atom stereocenters. The van der Waals surface area contributed by atoms with Gasteiger partial charge in [0, 0.05) is 13.0 Å². The maximum Gasteiger partial charge on any atom is 0.320 e. The van der Waals surface area contributed by atoms with Gasteiger partial charge in [-0.15, -0.1) is 0 Å². The van der Waals surface area contributed by atoms with Gasteiger partial charge in [-0.05, 0) is 12.0 Å². The van der Waals surface area contributed by atoms with Gasteiger partial charge in [0.2, 0.25) is 0 Å². The molecule has 7 nitrogen and oxygen atoms in total. The van der Waals surface area contributed by atoms with E-state index in [4.69, 9.17) is 21.1 Å². The second kappa shape index (κ2) is 8.35. The fourth-order valence-electron chi connectivity index (χ4n) is 1.86. The molecule has 21 heavy (non-hydrogen) atoms. The lowest BCUT2D eigenvalue weighted by molar-refractivity contribution is -0.139. The number of hydrogen-bond acceptors (Lipinski definition) is 5. The second-order valence-electron chi connectivity index (χ2n) is 4.82. The molecule has 1 heterocycles. The number of benzene rings is 1. The summed E-state index contributed by atoms with van der Waals surface area (Å²) in [4.78, 5) is 20.6. The van der Waals surface area contributed by atoms with Gasteiger partial charge in [-0.3, -0.25) is 9.59 Å². The standard InChI is InChI=1S/C9H11NO2.C5H9NO3/c10-8(9(11)12)6-7-4-2-1-3-5-7;7-3-1-4(5(8)9)6-2-3/h1-5,8H,6,10H2,(H,11,12);3-4,6-7H,1-2H2,(H,8,9)/t8-;3-,4+/m01/s1. The number of nitrogens with two attached hydrogens (primary N) is 1. The molecular weight excluding hydrogens is 276 g/mol. The number of rotatable bonds is 4. The summed E-state index contributed by atoms with van der Waals surface area (Å²) >= 11 is 0. The lowest BCUT2D eigenvalue weighted by Gasteiger charge is -2.04. The van der Waals surface area contributed by atoms with Gasteiger partial charge in [-0.2, -0.15) is 0 Å². The van der Waals surface area contributed by atoms with E-state index in [2.05, 4.69) is 5.32 Å². The Morgan fingerprint density at radius 3 is 2.29 bits per heavy atom. The summed E-state index contributed by atoms with van der Waals surface area (Å²) in [6.45, 7) is 0.400. The predicted octanol–water partition coefficient (Wildman–Crippen LogP) is -0.565. The molecule has 0 aromatic heterocycles. The zero-order valence-corrected chi connectivity index (χ0v) is 11.5. The number of hydrogen-bond donors (Lipinski definition) is 5. The van der Waals surface area contributed by atoms with Crippen LogP contribution in [0.3, 0.4) is 0 Å². The molecule has 7 heteroatoms. The number of aliphatic carboxylic acids is 2. The minimum absolute atomic E-state index is 0.329. The van der Waals surface area contributed by atoms with E-state index in [1.807, 2.05) is 30.3 Å². The van der Waals surface area contributed by atoms with E-state index in [9.17, 15) is 9.59 Å². The molecule has 1 aromatic carbocycles. The summed E-state index contributed by atoms with van der Waals surface area (Å²) in [5, 5.41) is 28.4. The van der Waals surface area contributed by atoms with Gasteiger partial charge in [0.1, 0.15) is 12.1 Å². The van der Waals surface area contributed by atoms with Crippen molar-refractivity contribution in [3.63, 3.8) is 0 Å². The minimum atomic E-state index is -0.959. The van der Waals surface area contributed by atoms with Crippen molar-refractivity contribution >= 4 is 11.9 Å². The molecule has 0 bridgehead atoms. The van der Waals surface area contributed by atoms with Gasteiger partial charge < -0.3 is 26.4 Å². The molecule has 0 radical (unpaired) electrons. The Bertz CT molecular complexity index is 466. The SMILES string of the molecule is N[C@@H](Cc1ccccc1)C(=O)O.O=C(O)[C@@H]1C[C@@H](O)CN1. The van der Waals surface area contributed by atoms with Crippen molar-refractivity contribution in [2.24, 2.45) is 5.73 Å². The van der Waals surface area contributed by atoms with Crippen molar-refractivity contribution in [2.45, 2.75) is 31.0 Å². The van der Waals surface area contributed by atoms with Crippen LogP contribution < -0.4 is 11.1 Å². The smallest absolute Gasteiger partial charge is 0.320 e. The van der Waals surface area contributed by atoms with E-state index in [1.165, 1.54) is 0 Å². The third-order valence-corrected chi connectivity index (χ3v) is 3.02. The summed E-state index contributed by atoms with van der Waals surface area (Å²) in [6.07, 6.45) is 0.233. The van der Waals surface area contributed by atoms with Crippen molar-refractivity contribution in [3.8, 4) is 0 Å². The van der Waals surface area contributed by atoms with Gasteiger partial charge in [0.05, 0.1) is 6.10 Å². The topological polar surface area (TPSA) is 133 Å². The number of β-amino-alcohol motifs (C(OH)–C–C–N with tert-alkyl or cyclic N) is 1. The first-order valence-electron chi connectivity index (χ1n) is 6.56. The minimum Gasteiger partial charge on any atom is -0.480 e. The Morgan fingerprint density at radius 2 is 1.90 bits per heavy atom. The molecule has 2 rings (SSSR count). The number of nitrogens with one attached hydrogen (secondary N) is 1. The molecule has 3 atom stereocenters. The molecule has 1 fully saturated rings. The number of aliphatic hydroxyl groups is 1. The third-order valence-electron chi connectivity index (χ3n) is 3.02. The number of carbonyl (C=O) groups is 2. The molecule has 1 aromatic rings. The van der Waals surface area contributed by atoms with Gasteiger partial charge in [-0.25, -0.2) is 0 Å². The molecule has 6 N–H and O–H groups in total. The fourth-order valence-corrected chi connectivity index (χ4v) is 1.86. The quantitative estimate of drug-likeness (QED) is 0.502. The fraction of sp³-hybridized carbons (Fsp3) is 0.429. The maximum atomic E-state index is 10.4. The van der Waals surface area contributed by atoms with E-state index in [0.29, 0.717) is 19.4 Å². The highest BCUT2D eigenvalue weighted by Crippen LogP contribution is 2.05. The molecule has 0 spiro atoms. The average Bonchev–Trinajstić information content (AvgIpc) is 2.87. The molecule has 0 saturated carbocycles. The first-order chi connectivity index (χ1) is 9.90. The summed E-state index contributed by atoms with van der Waals surface area (Å²) in [5.74, 6) is -1.84. The largest absolute Gasteiger partial charge is 0.480 e. The predicted molar refractivity (Wildman–Crippen MR) is 75.8 cm³/mol. The van der Waals surface area contributed by atoms with Crippen LogP contribution in [-0.4, -0.2) is 52.0 Å². The van der Waals surface area contributed by atoms with Crippen LogP contribution in [-0.2, 0) is 16.0 Å². The lowest BCUT2D eigenvalue weighted by Crippen LogP contribution is -2.32. The van der Waals surface area contributed by atoms with Gasteiger partial charge in [0.25, 0.3) is 0 Å². The van der Waals surface area contributed by atoms with Crippen LogP contribution in [0.1, 0.15) is 12.0 Å². The molecule has 1 aliphatic rings. The summed E-state index contributed by atoms with van der Waals surface area (Å²) in [5.41, 5.74) is 6.30. The summed E-state index contributed by atoms with van der Waals surface area (Å²) < 4.78 is 0. The molecule has 116 valence electrons. The van der Waals surface area contributed by atoms with Crippen LogP contribution in [0, 0.1) is 0 Å².